The SMILES string of the molecule is Nc1ccn([C@H]2CC[C@@H](CO)C2)c(=O)n1. The van der Waals surface area contributed by atoms with Gasteiger partial charge in [0.1, 0.15) is 5.82 Å². The molecule has 0 amide bonds. The molecule has 0 bridgehead atoms. The van der Waals surface area contributed by atoms with Crippen LogP contribution < -0.4 is 11.4 Å². The summed E-state index contributed by atoms with van der Waals surface area (Å²) in [7, 11) is 0. The monoisotopic (exact) mass is 209 g/mol. The standard InChI is InChI=1S/C10H15N3O2/c11-9-3-4-13(10(15)12-9)8-2-1-7(5-8)6-14/h3-4,7-8,14H,1-2,5-6H2,(H2,11,12,15)/t7-,8+/m1/s1. The number of nitrogens with zero attached hydrogens (tertiary/aromatic N) is 2. The summed E-state index contributed by atoms with van der Waals surface area (Å²) in [5.41, 5.74) is 5.12. The Hall–Kier alpha value is -1.36. The first-order valence-corrected chi connectivity index (χ1v) is 5.16. The average molecular weight is 209 g/mol. The average Bonchev–Trinajstić information content (AvgIpc) is 2.66. The first-order chi connectivity index (χ1) is 7.20. The predicted octanol–water partition coefficient (Wildman–Crippen LogP) is 0.159. The third kappa shape index (κ3) is 2.02. The second-order valence-corrected chi connectivity index (χ2v) is 4.06. The largest absolute Gasteiger partial charge is 0.396 e. The van der Waals surface area contributed by atoms with Crippen LogP contribution in [0.2, 0.25) is 0 Å². The second-order valence-electron chi connectivity index (χ2n) is 4.06. The molecule has 0 aliphatic heterocycles. The molecule has 0 radical (unpaired) electrons. The Morgan fingerprint density at radius 1 is 1.60 bits per heavy atom. The van der Waals surface area contributed by atoms with Gasteiger partial charge in [0.25, 0.3) is 0 Å². The number of aliphatic hydroxyl groups excluding tert-OH is 1. The maximum absolute atomic E-state index is 11.5. The van der Waals surface area contributed by atoms with Gasteiger partial charge in [0, 0.05) is 18.8 Å². The summed E-state index contributed by atoms with van der Waals surface area (Å²) >= 11 is 0. The van der Waals surface area contributed by atoms with Crippen molar-refractivity contribution in [3.63, 3.8) is 0 Å². The minimum atomic E-state index is -0.293. The van der Waals surface area contributed by atoms with Gasteiger partial charge in [-0.2, -0.15) is 4.98 Å². The molecule has 3 N–H and O–H groups in total. The highest BCUT2D eigenvalue weighted by atomic mass is 16.3. The zero-order valence-corrected chi connectivity index (χ0v) is 8.47. The molecule has 82 valence electrons. The van der Waals surface area contributed by atoms with Crippen molar-refractivity contribution >= 4 is 5.82 Å². The van der Waals surface area contributed by atoms with Gasteiger partial charge in [-0.3, -0.25) is 4.57 Å². The van der Waals surface area contributed by atoms with Crippen LogP contribution in [0.15, 0.2) is 17.1 Å². The molecule has 15 heavy (non-hydrogen) atoms. The normalized spacial score (nSPS) is 25.7. The Morgan fingerprint density at radius 3 is 3.00 bits per heavy atom. The van der Waals surface area contributed by atoms with E-state index < -0.39 is 0 Å². The van der Waals surface area contributed by atoms with E-state index >= 15 is 0 Å². The molecular formula is C10H15N3O2. The first-order valence-electron chi connectivity index (χ1n) is 5.16. The van der Waals surface area contributed by atoms with Crippen molar-refractivity contribution in [2.45, 2.75) is 25.3 Å². The van der Waals surface area contributed by atoms with E-state index in [1.165, 1.54) is 0 Å². The highest BCUT2D eigenvalue weighted by molar-refractivity contribution is 5.23. The predicted molar refractivity (Wildman–Crippen MR) is 56.4 cm³/mol. The first kappa shape index (κ1) is 10.2. The molecule has 0 spiro atoms. The number of aromatic nitrogens is 2. The van der Waals surface area contributed by atoms with Crippen LogP contribution in [0.25, 0.3) is 0 Å². The fraction of sp³-hybridized carbons (Fsp3) is 0.600. The van der Waals surface area contributed by atoms with E-state index in [0.29, 0.717) is 5.92 Å². The van der Waals surface area contributed by atoms with Crippen LogP contribution in [0.3, 0.4) is 0 Å². The molecule has 1 aliphatic carbocycles. The van der Waals surface area contributed by atoms with Gasteiger partial charge in [0.15, 0.2) is 0 Å². The molecular weight excluding hydrogens is 194 g/mol. The van der Waals surface area contributed by atoms with Gasteiger partial charge >= 0.3 is 5.69 Å². The summed E-state index contributed by atoms with van der Waals surface area (Å²) in [6.07, 6.45) is 4.44. The fourth-order valence-corrected chi connectivity index (χ4v) is 2.17. The molecule has 2 atom stereocenters. The van der Waals surface area contributed by atoms with Crippen molar-refractivity contribution < 1.29 is 5.11 Å². The van der Waals surface area contributed by atoms with Crippen molar-refractivity contribution in [1.29, 1.82) is 0 Å². The molecule has 1 fully saturated rings. The van der Waals surface area contributed by atoms with Crippen LogP contribution >= 0.6 is 0 Å². The molecule has 0 aromatic carbocycles. The molecule has 5 nitrogen and oxygen atoms in total. The van der Waals surface area contributed by atoms with Crippen LogP contribution in [0.4, 0.5) is 5.82 Å². The lowest BCUT2D eigenvalue weighted by atomic mass is 10.1. The second kappa shape index (κ2) is 4.02. The number of rotatable bonds is 2. The Morgan fingerprint density at radius 2 is 2.40 bits per heavy atom. The van der Waals surface area contributed by atoms with Gasteiger partial charge in [-0.15, -0.1) is 0 Å². The van der Waals surface area contributed by atoms with Crippen LogP contribution in [-0.2, 0) is 0 Å². The van der Waals surface area contributed by atoms with Gasteiger partial charge in [-0.05, 0) is 31.2 Å². The van der Waals surface area contributed by atoms with Gasteiger partial charge in [-0.1, -0.05) is 0 Å². The molecule has 1 saturated carbocycles. The molecule has 1 aromatic heterocycles. The van der Waals surface area contributed by atoms with Gasteiger partial charge in [0.05, 0.1) is 0 Å². The van der Waals surface area contributed by atoms with E-state index in [2.05, 4.69) is 4.98 Å². The quantitative estimate of drug-likeness (QED) is 0.727. The maximum atomic E-state index is 11.5. The summed E-state index contributed by atoms with van der Waals surface area (Å²) in [5, 5.41) is 9.02. The zero-order valence-electron chi connectivity index (χ0n) is 8.47. The summed E-state index contributed by atoms with van der Waals surface area (Å²) in [6, 6.07) is 1.80. The van der Waals surface area contributed by atoms with E-state index in [1.54, 1.807) is 16.8 Å². The number of anilines is 1. The number of nitrogens with two attached hydrogens (primary N) is 1. The summed E-state index contributed by atoms with van der Waals surface area (Å²) in [4.78, 5) is 15.2. The van der Waals surface area contributed by atoms with E-state index in [9.17, 15) is 4.79 Å². The third-order valence-electron chi connectivity index (χ3n) is 3.02. The molecule has 1 aromatic rings. The summed E-state index contributed by atoms with van der Waals surface area (Å²) in [5.74, 6) is 0.576. The lowest BCUT2D eigenvalue weighted by Crippen LogP contribution is -2.26. The van der Waals surface area contributed by atoms with Crippen molar-refractivity contribution in [2.75, 3.05) is 12.3 Å². The van der Waals surface area contributed by atoms with Crippen LogP contribution in [0.5, 0.6) is 0 Å². The van der Waals surface area contributed by atoms with Crippen LogP contribution in [-0.4, -0.2) is 21.3 Å². The van der Waals surface area contributed by atoms with Crippen LogP contribution in [0.1, 0.15) is 25.3 Å². The van der Waals surface area contributed by atoms with Crippen LogP contribution in [0, 0.1) is 5.92 Å². The maximum Gasteiger partial charge on any atom is 0.349 e. The highest BCUT2D eigenvalue weighted by Crippen LogP contribution is 2.33. The van der Waals surface area contributed by atoms with E-state index in [1.807, 2.05) is 0 Å². The number of nitrogen functional groups attached to an aromatic ring is 1. The minimum Gasteiger partial charge on any atom is -0.396 e. The zero-order chi connectivity index (χ0) is 10.8. The lowest BCUT2D eigenvalue weighted by Gasteiger charge is -2.12. The summed E-state index contributed by atoms with van der Waals surface area (Å²) in [6.45, 7) is 0.202. The van der Waals surface area contributed by atoms with Crippen molar-refractivity contribution in [2.24, 2.45) is 5.92 Å². The Bertz CT molecular complexity index is 402. The minimum absolute atomic E-state index is 0.169. The Kier molecular flexibility index (Phi) is 2.73. The smallest absolute Gasteiger partial charge is 0.349 e. The highest BCUT2D eigenvalue weighted by Gasteiger charge is 2.25. The van der Waals surface area contributed by atoms with E-state index in [4.69, 9.17) is 10.8 Å². The molecule has 0 unspecified atom stereocenters. The Labute approximate surface area is 87.6 Å². The molecule has 1 aliphatic rings. The van der Waals surface area contributed by atoms with Gasteiger partial charge in [-0.25, -0.2) is 4.79 Å². The molecule has 0 saturated heterocycles. The topological polar surface area (TPSA) is 81.1 Å². The van der Waals surface area contributed by atoms with Crippen molar-refractivity contribution in [1.82, 2.24) is 9.55 Å². The van der Waals surface area contributed by atoms with Gasteiger partial charge < -0.3 is 10.8 Å². The molecule has 1 heterocycles. The van der Waals surface area contributed by atoms with Gasteiger partial charge in [0.2, 0.25) is 0 Å². The molecule has 2 rings (SSSR count). The Balaban J connectivity index is 2.20. The number of hydrogen-bond acceptors (Lipinski definition) is 4. The lowest BCUT2D eigenvalue weighted by molar-refractivity contribution is 0.226. The van der Waals surface area contributed by atoms with E-state index in [0.717, 1.165) is 19.3 Å². The number of aliphatic hydroxyl groups is 1. The van der Waals surface area contributed by atoms with E-state index in [-0.39, 0.29) is 24.2 Å². The number of hydrogen-bond donors (Lipinski definition) is 2. The van der Waals surface area contributed by atoms with Crippen molar-refractivity contribution in [3.8, 4) is 0 Å². The molecule has 5 heteroatoms. The van der Waals surface area contributed by atoms with Crippen molar-refractivity contribution in [3.05, 3.63) is 22.7 Å². The fourth-order valence-electron chi connectivity index (χ4n) is 2.17. The third-order valence-corrected chi connectivity index (χ3v) is 3.02. The summed E-state index contributed by atoms with van der Waals surface area (Å²) < 4.78 is 1.62.